The average molecular weight is 505 g/mol. The van der Waals surface area contributed by atoms with E-state index < -0.39 is 6.04 Å². The Kier molecular flexibility index (Phi) is 6.95. The van der Waals surface area contributed by atoms with Crippen molar-refractivity contribution < 1.29 is 14.0 Å². The molecule has 3 aromatic heterocycles. The lowest BCUT2D eigenvalue weighted by atomic mass is 10.1. The van der Waals surface area contributed by atoms with Gasteiger partial charge in [0.05, 0.1) is 0 Å². The Morgan fingerprint density at radius 2 is 1.94 bits per heavy atom. The number of nitrogens with one attached hydrogen (secondary N) is 1. The molecule has 1 fully saturated rings. The first-order valence-electron chi connectivity index (χ1n) is 12.1. The van der Waals surface area contributed by atoms with Gasteiger partial charge in [-0.1, -0.05) is 37.1 Å². The fourth-order valence-electron chi connectivity index (χ4n) is 4.58. The molecule has 186 valence electrons. The van der Waals surface area contributed by atoms with E-state index in [1.165, 1.54) is 16.1 Å². The third kappa shape index (κ3) is 5.08. The molecule has 9 nitrogen and oxygen atoms in total. The molecule has 1 atom stereocenters. The van der Waals surface area contributed by atoms with Crippen LogP contribution in [0.4, 0.5) is 5.69 Å². The third-order valence-corrected chi connectivity index (χ3v) is 7.28. The van der Waals surface area contributed by atoms with Gasteiger partial charge < -0.3 is 9.73 Å². The topological polar surface area (TPSA) is 106 Å². The number of para-hydroxylation sites is 1. The summed E-state index contributed by atoms with van der Waals surface area (Å²) >= 11 is 1.46. The van der Waals surface area contributed by atoms with E-state index in [4.69, 9.17) is 4.42 Å². The van der Waals surface area contributed by atoms with Crippen LogP contribution in [-0.4, -0.2) is 38.1 Å². The normalized spacial score (nSPS) is 14.6. The summed E-state index contributed by atoms with van der Waals surface area (Å²) in [6.07, 6.45) is 4.12. The van der Waals surface area contributed by atoms with Crippen LogP contribution in [0.5, 0.6) is 0 Å². The lowest BCUT2D eigenvalue weighted by Crippen LogP contribution is -2.47. The molecule has 1 aliphatic rings. The molecule has 3 heterocycles. The van der Waals surface area contributed by atoms with Crippen LogP contribution < -0.4 is 10.2 Å². The predicted molar refractivity (Wildman–Crippen MR) is 136 cm³/mol. The van der Waals surface area contributed by atoms with Crippen molar-refractivity contribution in [2.45, 2.75) is 58.2 Å². The minimum Gasteiger partial charge on any atom is -0.458 e. The number of nitrogens with zero attached hydrogens (tertiary/aromatic N) is 5. The zero-order valence-corrected chi connectivity index (χ0v) is 21.1. The molecule has 0 bridgehead atoms. The number of anilines is 1. The Labute approximate surface area is 213 Å². The molecule has 0 spiro atoms. The van der Waals surface area contributed by atoms with Gasteiger partial charge in [-0.2, -0.15) is 4.80 Å². The van der Waals surface area contributed by atoms with Gasteiger partial charge in [-0.25, -0.2) is 0 Å². The number of amides is 2. The Morgan fingerprint density at radius 3 is 2.64 bits per heavy atom. The molecule has 5 rings (SSSR count). The van der Waals surface area contributed by atoms with Crippen LogP contribution in [0.2, 0.25) is 0 Å². The van der Waals surface area contributed by atoms with Crippen LogP contribution in [0.15, 0.2) is 58.3 Å². The molecule has 1 unspecified atom stereocenters. The number of hydrogen-bond acceptors (Lipinski definition) is 7. The van der Waals surface area contributed by atoms with Crippen molar-refractivity contribution in [3.8, 4) is 11.6 Å². The van der Waals surface area contributed by atoms with Crippen molar-refractivity contribution in [2.75, 3.05) is 4.90 Å². The van der Waals surface area contributed by atoms with Gasteiger partial charge >= 0.3 is 0 Å². The van der Waals surface area contributed by atoms with Gasteiger partial charge in [0, 0.05) is 16.6 Å². The first-order valence-corrected chi connectivity index (χ1v) is 12.9. The number of carbonyl (C=O) groups excluding carboxylic acids is 2. The summed E-state index contributed by atoms with van der Waals surface area (Å²) in [5.74, 6) is 1.01. The second kappa shape index (κ2) is 10.4. The highest BCUT2D eigenvalue weighted by atomic mass is 32.1. The van der Waals surface area contributed by atoms with Gasteiger partial charge in [-0.05, 0) is 67.1 Å². The zero-order chi connectivity index (χ0) is 25.1. The standard InChI is InChI=1S/C26H28N6O3S/c1-17-8-3-6-11-20(17)32(23(33)16-31-29-25(28-30-31)21-14-13-18(2)35-21)24(22-12-7-15-36-22)26(34)27-19-9-4-5-10-19/h3,6-8,11-15,19,24H,4-5,9-10,16H2,1-2H3,(H,27,34). The molecular weight excluding hydrogens is 476 g/mol. The van der Waals surface area contributed by atoms with Crippen LogP contribution >= 0.6 is 11.3 Å². The highest BCUT2D eigenvalue weighted by Crippen LogP contribution is 2.33. The van der Waals surface area contributed by atoms with Gasteiger partial charge in [0.2, 0.25) is 11.7 Å². The molecule has 1 aromatic carbocycles. The van der Waals surface area contributed by atoms with Crippen LogP contribution in [-0.2, 0) is 16.1 Å². The van der Waals surface area contributed by atoms with E-state index in [1.807, 2.05) is 61.7 Å². The Hall–Kier alpha value is -3.79. The molecule has 2 amide bonds. The molecule has 4 aromatic rings. The van der Waals surface area contributed by atoms with Gasteiger partial charge in [0.25, 0.3) is 5.91 Å². The first-order chi connectivity index (χ1) is 17.5. The molecule has 36 heavy (non-hydrogen) atoms. The summed E-state index contributed by atoms with van der Waals surface area (Å²) in [5.41, 5.74) is 1.56. The predicted octanol–water partition coefficient (Wildman–Crippen LogP) is 4.44. The number of rotatable bonds is 8. The second-order valence-electron chi connectivity index (χ2n) is 9.01. The summed E-state index contributed by atoms with van der Waals surface area (Å²) < 4.78 is 5.58. The van der Waals surface area contributed by atoms with Crippen molar-refractivity contribution in [2.24, 2.45) is 0 Å². The number of aromatic nitrogens is 4. The SMILES string of the molecule is Cc1ccc(-c2nnn(CC(=O)N(c3ccccc3C)C(C(=O)NC3CCCC3)c3cccs3)n2)o1. The second-order valence-corrected chi connectivity index (χ2v) is 9.99. The molecule has 0 saturated heterocycles. The maximum atomic E-state index is 13.9. The molecule has 1 N–H and O–H groups in total. The Bertz CT molecular complexity index is 1340. The summed E-state index contributed by atoms with van der Waals surface area (Å²) in [4.78, 5) is 31.2. The highest BCUT2D eigenvalue weighted by Gasteiger charge is 2.36. The number of hydrogen-bond donors (Lipinski definition) is 1. The Morgan fingerprint density at radius 1 is 1.14 bits per heavy atom. The van der Waals surface area contributed by atoms with Crippen LogP contribution in [0.25, 0.3) is 11.6 Å². The lowest BCUT2D eigenvalue weighted by Gasteiger charge is -2.32. The number of aryl methyl sites for hydroxylation is 2. The minimum absolute atomic E-state index is 0.130. The van der Waals surface area contributed by atoms with Gasteiger partial charge in [-0.3, -0.25) is 14.5 Å². The van der Waals surface area contributed by atoms with E-state index in [1.54, 1.807) is 11.0 Å². The van der Waals surface area contributed by atoms with E-state index in [9.17, 15) is 9.59 Å². The first kappa shape index (κ1) is 23.9. The molecule has 0 radical (unpaired) electrons. The Balaban J connectivity index is 1.48. The summed E-state index contributed by atoms with van der Waals surface area (Å²) in [6, 6.07) is 14.3. The highest BCUT2D eigenvalue weighted by molar-refractivity contribution is 7.10. The monoisotopic (exact) mass is 504 g/mol. The fourth-order valence-corrected chi connectivity index (χ4v) is 5.40. The van der Waals surface area contributed by atoms with Crippen molar-refractivity contribution in [3.05, 3.63) is 70.1 Å². The molecule has 10 heteroatoms. The maximum Gasteiger partial charge on any atom is 0.251 e. The molecular formula is C26H28N6O3S. The minimum atomic E-state index is -0.810. The largest absolute Gasteiger partial charge is 0.458 e. The van der Waals surface area contributed by atoms with Gasteiger partial charge in [0.1, 0.15) is 18.3 Å². The van der Waals surface area contributed by atoms with Crippen LogP contribution in [0.1, 0.15) is 47.9 Å². The van der Waals surface area contributed by atoms with E-state index in [0.717, 1.165) is 41.9 Å². The van der Waals surface area contributed by atoms with E-state index in [2.05, 4.69) is 20.7 Å². The summed E-state index contributed by atoms with van der Waals surface area (Å²) in [7, 11) is 0. The number of thiophene rings is 1. The smallest absolute Gasteiger partial charge is 0.251 e. The quantitative estimate of drug-likeness (QED) is 0.380. The van der Waals surface area contributed by atoms with E-state index in [0.29, 0.717) is 17.3 Å². The number of furan rings is 1. The van der Waals surface area contributed by atoms with E-state index >= 15 is 0 Å². The van der Waals surface area contributed by atoms with Gasteiger partial charge in [0.15, 0.2) is 5.76 Å². The number of carbonyl (C=O) groups is 2. The third-order valence-electron chi connectivity index (χ3n) is 6.35. The van der Waals surface area contributed by atoms with Crippen LogP contribution in [0.3, 0.4) is 0 Å². The maximum absolute atomic E-state index is 13.9. The average Bonchev–Trinajstić information content (AvgIpc) is 3.66. The van der Waals surface area contributed by atoms with Crippen molar-refractivity contribution in [1.82, 2.24) is 25.5 Å². The molecule has 0 aliphatic heterocycles. The van der Waals surface area contributed by atoms with Crippen molar-refractivity contribution in [1.29, 1.82) is 0 Å². The fraction of sp³-hybridized carbons (Fsp3) is 0.346. The zero-order valence-electron chi connectivity index (χ0n) is 20.3. The van der Waals surface area contributed by atoms with Crippen LogP contribution in [0, 0.1) is 13.8 Å². The van der Waals surface area contributed by atoms with Crippen molar-refractivity contribution >= 4 is 28.8 Å². The van der Waals surface area contributed by atoms with Gasteiger partial charge in [-0.15, -0.1) is 21.5 Å². The van der Waals surface area contributed by atoms with Crippen molar-refractivity contribution in [3.63, 3.8) is 0 Å². The number of tetrazole rings is 1. The number of benzene rings is 1. The molecule has 1 aliphatic carbocycles. The lowest BCUT2D eigenvalue weighted by molar-refractivity contribution is -0.127. The molecule has 1 saturated carbocycles. The summed E-state index contributed by atoms with van der Waals surface area (Å²) in [6.45, 7) is 3.58. The summed E-state index contributed by atoms with van der Waals surface area (Å²) in [5, 5.41) is 17.6. The van der Waals surface area contributed by atoms with E-state index in [-0.39, 0.29) is 24.4 Å².